The van der Waals surface area contributed by atoms with Crippen LogP contribution >= 0.6 is 7.82 Å². The Kier molecular flexibility index (Phi) is 5.30. The summed E-state index contributed by atoms with van der Waals surface area (Å²) in [6.07, 6.45) is -3.08. The molecule has 1 heterocycles. The first-order chi connectivity index (χ1) is 8.73. The maximum absolute atomic E-state index is 10.9. The fraction of sp³-hybridized carbons (Fsp3) is 0.875. The molecule has 0 aromatic carbocycles. The van der Waals surface area contributed by atoms with E-state index in [1.54, 1.807) is 0 Å². The van der Waals surface area contributed by atoms with Crippen molar-refractivity contribution in [3.8, 4) is 0 Å². The Hall–Kier alpha value is -1.15. The van der Waals surface area contributed by atoms with Gasteiger partial charge < -0.3 is 19.3 Å². The number of phosphoric acid groups is 1. The molecule has 0 radical (unpaired) electrons. The first-order valence-electron chi connectivity index (χ1n) is 5.32. The van der Waals surface area contributed by atoms with Gasteiger partial charge in [0, 0.05) is 18.3 Å². The molecule has 11 heteroatoms. The Morgan fingerprint density at radius 1 is 1.68 bits per heavy atom. The predicted octanol–water partition coefficient (Wildman–Crippen LogP) is 0.209. The molecule has 0 bridgehead atoms. The minimum Gasteiger partial charge on any atom is -0.756 e. The average Bonchev–Trinajstić information content (AvgIpc) is 2.20. The number of hydrogen-bond acceptors (Lipinski definition) is 7. The van der Waals surface area contributed by atoms with Crippen LogP contribution in [0.25, 0.3) is 10.4 Å². The van der Waals surface area contributed by atoms with Gasteiger partial charge in [-0.2, -0.15) is 0 Å². The number of esters is 1. The van der Waals surface area contributed by atoms with Crippen LogP contribution < -0.4 is 4.89 Å². The molecule has 1 aliphatic rings. The third kappa shape index (κ3) is 5.15. The standard InChI is InChI=1S/C8H14N3O7P/c1-4-8(17-5(2)12)6(10-11-9)3-7(16-4)18-19(13,14)15/h4,6-8H,3H2,1-2H3,(H2,13,14,15)/p-1/t4-,6-,7+,8-/m0/s1. The summed E-state index contributed by atoms with van der Waals surface area (Å²) in [4.78, 5) is 32.7. The van der Waals surface area contributed by atoms with E-state index < -0.39 is 38.3 Å². The van der Waals surface area contributed by atoms with Crippen LogP contribution in [0.1, 0.15) is 20.3 Å². The Labute approximate surface area is 108 Å². The van der Waals surface area contributed by atoms with Gasteiger partial charge in [-0.3, -0.25) is 13.9 Å². The monoisotopic (exact) mass is 294 g/mol. The Morgan fingerprint density at radius 2 is 2.32 bits per heavy atom. The topological polar surface area (TPSA) is 154 Å². The Bertz CT molecular complexity index is 432. The van der Waals surface area contributed by atoms with Gasteiger partial charge in [0.1, 0.15) is 6.10 Å². The minimum atomic E-state index is -4.97. The predicted molar refractivity (Wildman–Crippen MR) is 58.4 cm³/mol. The number of hydrogen-bond donors (Lipinski definition) is 1. The van der Waals surface area contributed by atoms with Gasteiger partial charge in [0.15, 0.2) is 6.29 Å². The highest BCUT2D eigenvalue weighted by Gasteiger charge is 2.39. The second-order valence-electron chi connectivity index (χ2n) is 3.93. The van der Waals surface area contributed by atoms with Gasteiger partial charge in [0.05, 0.1) is 12.1 Å². The van der Waals surface area contributed by atoms with Crippen molar-refractivity contribution in [2.75, 3.05) is 0 Å². The van der Waals surface area contributed by atoms with Crippen molar-refractivity contribution in [3.05, 3.63) is 10.4 Å². The third-order valence-corrected chi connectivity index (χ3v) is 2.90. The molecule has 19 heavy (non-hydrogen) atoms. The number of ether oxygens (including phenoxy) is 2. The van der Waals surface area contributed by atoms with E-state index in [0.717, 1.165) is 0 Å². The lowest BCUT2D eigenvalue weighted by Gasteiger charge is -2.38. The van der Waals surface area contributed by atoms with Gasteiger partial charge in [0.25, 0.3) is 7.82 Å². The molecule has 5 atom stereocenters. The van der Waals surface area contributed by atoms with Crippen LogP contribution in [0.2, 0.25) is 0 Å². The maximum Gasteiger partial charge on any atom is 0.303 e. The van der Waals surface area contributed by atoms with E-state index in [1.165, 1.54) is 13.8 Å². The molecule has 1 saturated heterocycles. The molecule has 1 unspecified atom stereocenters. The first-order valence-corrected chi connectivity index (χ1v) is 6.81. The lowest BCUT2D eigenvalue weighted by molar-refractivity contribution is -0.258. The highest BCUT2D eigenvalue weighted by molar-refractivity contribution is 7.44. The molecular formula is C8H13N3O7P-. The summed E-state index contributed by atoms with van der Waals surface area (Å²) >= 11 is 0. The molecule has 108 valence electrons. The van der Waals surface area contributed by atoms with Crippen LogP contribution in [0.5, 0.6) is 0 Å². The van der Waals surface area contributed by atoms with Gasteiger partial charge in [-0.1, -0.05) is 5.11 Å². The highest BCUT2D eigenvalue weighted by Crippen LogP contribution is 2.37. The molecule has 0 spiro atoms. The van der Waals surface area contributed by atoms with Crippen molar-refractivity contribution in [3.63, 3.8) is 0 Å². The SMILES string of the molecule is CC(=O)O[C@@H]1[C@@H](N=[N+]=[N-])C[C@@H](OP(=O)([O-])O)O[C@H]1C. The third-order valence-electron chi connectivity index (χ3n) is 2.40. The van der Waals surface area contributed by atoms with E-state index in [-0.39, 0.29) is 6.42 Å². The number of carbonyl (C=O) groups is 1. The second-order valence-corrected chi connectivity index (χ2v) is 5.07. The van der Waals surface area contributed by atoms with E-state index in [9.17, 15) is 14.3 Å². The number of azide groups is 1. The lowest BCUT2D eigenvalue weighted by atomic mass is 10.0. The molecule has 1 N–H and O–H groups in total. The smallest absolute Gasteiger partial charge is 0.303 e. The number of phosphoric ester groups is 1. The van der Waals surface area contributed by atoms with Crippen LogP contribution in [0.3, 0.4) is 0 Å². The number of rotatable bonds is 4. The van der Waals surface area contributed by atoms with Crippen LogP contribution in [0.4, 0.5) is 0 Å². The van der Waals surface area contributed by atoms with Crippen LogP contribution in [0, 0.1) is 0 Å². The van der Waals surface area contributed by atoms with E-state index in [0.29, 0.717) is 0 Å². The van der Waals surface area contributed by atoms with Gasteiger partial charge >= 0.3 is 5.97 Å². The zero-order valence-electron chi connectivity index (χ0n) is 10.2. The van der Waals surface area contributed by atoms with Gasteiger partial charge in [-0.25, -0.2) is 0 Å². The summed E-state index contributed by atoms with van der Waals surface area (Å²) in [5.41, 5.74) is 8.45. The van der Waals surface area contributed by atoms with Crippen molar-refractivity contribution >= 4 is 13.8 Å². The molecule has 0 saturated carbocycles. The number of nitrogens with zero attached hydrogens (tertiary/aromatic N) is 3. The Morgan fingerprint density at radius 3 is 2.79 bits per heavy atom. The minimum absolute atomic E-state index is 0.168. The molecule has 10 nitrogen and oxygen atoms in total. The molecule has 0 amide bonds. The molecule has 0 aromatic rings. The van der Waals surface area contributed by atoms with Crippen molar-refractivity contribution < 1.29 is 33.1 Å². The fourth-order valence-corrected chi connectivity index (χ4v) is 2.21. The zero-order chi connectivity index (χ0) is 14.6. The van der Waals surface area contributed by atoms with E-state index >= 15 is 0 Å². The van der Waals surface area contributed by atoms with Crippen LogP contribution in [-0.4, -0.2) is 35.4 Å². The van der Waals surface area contributed by atoms with Gasteiger partial charge in [-0.15, -0.1) is 0 Å². The first kappa shape index (κ1) is 15.9. The average molecular weight is 294 g/mol. The number of carbonyl (C=O) groups excluding carboxylic acids is 1. The zero-order valence-corrected chi connectivity index (χ0v) is 11.1. The normalized spacial score (nSPS) is 33.9. The largest absolute Gasteiger partial charge is 0.756 e. The lowest BCUT2D eigenvalue weighted by Crippen LogP contribution is -2.48. The Balaban J connectivity index is 2.82. The summed E-state index contributed by atoms with van der Waals surface area (Å²) in [6.45, 7) is 2.68. The summed E-state index contributed by atoms with van der Waals surface area (Å²) in [6, 6.07) is -0.853. The molecule has 0 aliphatic carbocycles. The van der Waals surface area contributed by atoms with Gasteiger partial charge in [0.2, 0.25) is 0 Å². The van der Waals surface area contributed by atoms with Gasteiger partial charge in [-0.05, 0) is 12.5 Å². The van der Waals surface area contributed by atoms with E-state index in [4.69, 9.17) is 19.9 Å². The molecular weight excluding hydrogens is 281 g/mol. The summed E-state index contributed by atoms with van der Waals surface area (Å²) < 4.78 is 25.0. The van der Waals surface area contributed by atoms with Crippen molar-refractivity contribution in [1.82, 2.24) is 0 Å². The molecule has 1 fully saturated rings. The molecule has 1 aliphatic heterocycles. The van der Waals surface area contributed by atoms with Crippen molar-refractivity contribution in [1.29, 1.82) is 0 Å². The summed E-state index contributed by atoms with van der Waals surface area (Å²) in [5, 5.41) is 3.42. The van der Waals surface area contributed by atoms with E-state index in [1.807, 2.05) is 0 Å². The second kappa shape index (κ2) is 6.33. The summed E-state index contributed by atoms with van der Waals surface area (Å²) in [7, 11) is -4.97. The van der Waals surface area contributed by atoms with Crippen LogP contribution in [-0.2, 0) is 23.4 Å². The maximum atomic E-state index is 10.9. The molecule has 0 aromatic heterocycles. The summed E-state index contributed by atoms with van der Waals surface area (Å²) in [5.74, 6) is -0.588. The molecule has 1 rings (SSSR count). The van der Waals surface area contributed by atoms with E-state index in [2.05, 4.69) is 14.5 Å². The van der Waals surface area contributed by atoms with Crippen LogP contribution in [0.15, 0.2) is 5.11 Å². The van der Waals surface area contributed by atoms with Crippen molar-refractivity contribution in [2.24, 2.45) is 5.11 Å². The fourth-order valence-electron chi connectivity index (χ4n) is 1.78. The highest BCUT2D eigenvalue weighted by atomic mass is 31.2. The quantitative estimate of drug-likeness (QED) is 0.255. The van der Waals surface area contributed by atoms with Crippen molar-refractivity contribution in [2.45, 2.75) is 44.8 Å².